The molecule has 2 fully saturated rings. The average molecular weight is 306 g/mol. The van der Waals surface area contributed by atoms with Crippen molar-refractivity contribution in [2.75, 3.05) is 26.2 Å². The van der Waals surface area contributed by atoms with Crippen LogP contribution < -0.4 is 5.32 Å². The fourth-order valence-electron chi connectivity index (χ4n) is 3.91. The number of hydrogen-bond donors (Lipinski definition) is 1. The van der Waals surface area contributed by atoms with E-state index < -0.39 is 12.1 Å². The number of piperidine rings is 1. The van der Waals surface area contributed by atoms with E-state index in [0.717, 1.165) is 13.1 Å². The number of rotatable bonds is 4. The molecule has 1 heterocycles. The summed E-state index contributed by atoms with van der Waals surface area (Å²) < 4.78 is 38.1. The summed E-state index contributed by atoms with van der Waals surface area (Å²) in [6, 6.07) is 0.554. The van der Waals surface area contributed by atoms with Crippen LogP contribution >= 0.6 is 0 Å². The predicted octanol–water partition coefficient (Wildman–Crippen LogP) is 3.82. The lowest BCUT2D eigenvalue weighted by Crippen LogP contribution is -2.45. The van der Waals surface area contributed by atoms with Crippen LogP contribution in [-0.2, 0) is 0 Å². The third-order valence-electron chi connectivity index (χ3n) is 5.17. The van der Waals surface area contributed by atoms with Gasteiger partial charge in [0.25, 0.3) is 0 Å². The van der Waals surface area contributed by atoms with Gasteiger partial charge < -0.3 is 10.2 Å². The zero-order chi connectivity index (χ0) is 15.3. The highest BCUT2D eigenvalue weighted by atomic mass is 19.4. The van der Waals surface area contributed by atoms with Gasteiger partial charge in [-0.3, -0.25) is 0 Å². The molecule has 2 rings (SSSR count). The van der Waals surface area contributed by atoms with Gasteiger partial charge in [0.1, 0.15) is 0 Å². The zero-order valence-corrected chi connectivity index (χ0v) is 13.1. The number of nitrogens with one attached hydrogen (secondary N) is 1. The van der Waals surface area contributed by atoms with Crippen LogP contribution in [0.1, 0.15) is 51.9 Å². The fourth-order valence-corrected chi connectivity index (χ4v) is 3.91. The van der Waals surface area contributed by atoms with Crippen LogP contribution in [0.15, 0.2) is 0 Å². The summed E-state index contributed by atoms with van der Waals surface area (Å²) in [4.78, 5) is 2.27. The largest absolute Gasteiger partial charge is 0.391 e. The van der Waals surface area contributed by atoms with E-state index in [0.29, 0.717) is 25.0 Å². The Morgan fingerprint density at radius 1 is 1.00 bits per heavy atom. The second-order valence-corrected chi connectivity index (χ2v) is 6.68. The van der Waals surface area contributed by atoms with Crippen molar-refractivity contribution in [2.45, 2.75) is 64.1 Å². The molecule has 1 aliphatic carbocycles. The summed E-state index contributed by atoms with van der Waals surface area (Å²) in [5, 5.41) is 3.59. The van der Waals surface area contributed by atoms with E-state index in [1.54, 1.807) is 0 Å². The average Bonchev–Trinajstić information content (AvgIpc) is 2.65. The van der Waals surface area contributed by atoms with Crippen LogP contribution in [0.25, 0.3) is 0 Å². The number of hydrogen-bond acceptors (Lipinski definition) is 2. The molecule has 0 aromatic rings. The Bertz CT molecular complexity index is 298. The first kappa shape index (κ1) is 17.1. The summed E-state index contributed by atoms with van der Waals surface area (Å²) in [7, 11) is 0. The lowest BCUT2D eigenvalue weighted by atomic mass is 9.91. The highest BCUT2D eigenvalue weighted by molar-refractivity contribution is 4.84. The third kappa shape index (κ3) is 5.13. The molecule has 2 unspecified atom stereocenters. The molecule has 0 amide bonds. The molecule has 0 spiro atoms. The molecule has 1 aliphatic heterocycles. The molecular formula is C16H29F3N2. The van der Waals surface area contributed by atoms with Gasteiger partial charge in [0.2, 0.25) is 0 Å². The molecular weight excluding hydrogens is 277 g/mol. The molecule has 2 aliphatic rings. The van der Waals surface area contributed by atoms with Crippen molar-refractivity contribution >= 4 is 0 Å². The van der Waals surface area contributed by atoms with Gasteiger partial charge >= 0.3 is 6.18 Å². The minimum atomic E-state index is -4.00. The Hall–Kier alpha value is -0.290. The molecule has 5 heteroatoms. The fraction of sp³-hybridized carbons (Fsp3) is 1.00. The Kier molecular flexibility index (Phi) is 6.35. The quantitative estimate of drug-likeness (QED) is 0.794. The predicted molar refractivity (Wildman–Crippen MR) is 79.3 cm³/mol. The van der Waals surface area contributed by atoms with E-state index in [4.69, 9.17) is 0 Å². The van der Waals surface area contributed by atoms with Crippen molar-refractivity contribution in [2.24, 2.45) is 11.8 Å². The topological polar surface area (TPSA) is 15.3 Å². The minimum absolute atomic E-state index is 0.280. The summed E-state index contributed by atoms with van der Waals surface area (Å²) in [5.74, 6) is -0.470. The van der Waals surface area contributed by atoms with Crippen LogP contribution in [0.3, 0.4) is 0 Å². The summed E-state index contributed by atoms with van der Waals surface area (Å²) in [5.41, 5.74) is 0. The molecule has 0 radical (unpaired) electrons. The van der Waals surface area contributed by atoms with Crippen molar-refractivity contribution in [3.8, 4) is 0 Å². The lowest BCUT2D eigenvalue weighted by Gasteiger charge is -2.37. The van der Waals surface area contributed by atoms with Crippen molar-refractivity contribution in [1.82, 2.24) is 10.2 Å². The first-order valence-electron chi connectivity index (χ1n) is 8.53. The van der Waals surface area contributed by atoms with E-state index in [9.17, 15) is 13.2 Å². The Balaban J connectivity index is 1.83. The van der Waals surface area contributed by atoms with Crippen LogP contribution in [0, 0.1) is 11.8 Å². The SMILES string of the molecule is CCNC1CCCCCC1CN1CCC(C(F)(F)F)CC1. The number of likely N-dealkylation sites (tertiary alicyclic amines) is 1. The van der Waals surface area contributed by atoms with Crippen molar-refractivity contribution in [3.63, 3.8) is 0 Å². The second-order valence-electron chi connectivity index (χ2n) is 6.68. The Labute approximate surface area is 126 Å². The summed E-state index contributed by atoms with van der Waals surface area (Å²) >= 11 is 0. The molecule has 21 heavy (non-hydrogen) atoms. The van der Waals surface area contributed by atoms with Crippen LogP contribution in [0.4, 0.5) is 13.2 Å². The Morgan fingerprint density at radius 3 is 2.29 bits per heavy atom. The molecule has 124 valence electrons. The van der Waals surface area contributed by atoms with E-state index in [-0.39, 0.29) is 12.8 Å². The lowest BCUT2D eigenvalue weighted by molar-refractivity contribution is -0.185. The maximum Gasteiger partial charge on any atom is 0.391 e. The molecule has 2 atom stereocenters. The smallest absolute Gasteiger partial charge is 0.314 e. The zero-order valence-electron chi connectivity index (χ0n) is 13.1. The van der Waals surface area contributed by atoms with Gasteiger partial charge in [0.05, 0.1) is 5.92 Å². The summed E-state index contributed by atoms with van der Waals surface area (Å²) in [6.07, 6.45) is 2.85. The number of alkyl halides is 3. The second kappa shape index (κ2) is 7.82. The summed E-state index contributed by atoms with van der Waals surface area (Å²) in [6.45, 7) is 5.31. The molecule has 1 saturated heterocycles. The molecule has 1 saturated carbocycles. The first-order valence-corrected chi connectivity index (χ1v) is 8.53. The maximum atomic E-state index is 12.7. The molecule has 0 aromatic carbocycles. The van der Waals surface area contributed by atoms with Gasteiger partial charge in [-0.1, -0.05) is 26.2 Å². The van der Waals surface area contributed by atoms with Crippen molar-refractivity contribution < 1.29 is 13.2 Å². The number of halogens is 3. The van der Waals surface area contributed by atoms with Gasteiger partial charge in [-0.05, 0) is 51.2 Å². The first-order chi connectivity index (χ1) is 10.0. The van der Waals surface area contributed by atoms with E-state index in [1.165, 1.54) is 32.1 Å². The van der Waals surface area contributed by atoms with Gasteiger partial charge in [0.15, 0.2) is 0 Å². The van der Waals surface area contributed by atoms with E-state index in [1.807, 2.05) is 0 Å². The minimum Gasteiger partial charge on any atom is -0.314 e. The third-order valence-corrected chi connectivity index (χ3v) is 5.17. The van der Waals surface area contributed by atoms with E-state index in [2.05, 4.69) is 17.1 Å². The van der Waals surface area contributed by atoms with Crippen molar-refractivity contribution in [1.29, 1.82) is 0 Å². The number of nitrogens with zero attached hydrogens (tertiary/aromatic N) is 1. The monoisotopic (exact) mass is 306 g/mol. The Morgan fingerprint density at radius 2 is 1.67 bits per heavy atom. The van der Waals surface area contributed by atoms with Gasteiger partial charge in [0, 0.05) is 12.6 Å². The normalized spacial score (nSPS) is 30.3. The molecule has 0 aromatic heterocycles. The van der Waals surface area contributed by atoms with Crippen LogP contribution in [0.5, 0.6) is 0 Å². The molecule has 1 N–H and O–H groups in total. The standard InChI is InChI=1S/C16H29F3N2/c1-2-20-15-7-5-3-4-6-13(15)12-21-10-8-14(9-11-21)16(17,18)19/h13-15,20H,2-12H2,1H3. The van der Waals surface area contributed by atoms with E-state index >= 15 is 0 Å². The molecule has 2 nitrogen and oxygen atoms in total. The van der Waals surface area contributed by atoms with Gasteiger partial charge in [-0.15, -0.1) is 0 Å². The van der Waals surface area contributed by atoms with Crippen LogP contribution in [0.2, 0.25) is 0 Å². The maximum absolute atomic E-state index is 12.7. The van der Waals surface area contributed by atoms with Gasteiger partial charge in [-0.2, -0.15) is 13.2 Å². The van der Waals surface area contributed by atoms with Gasteiger partial charge in [-0.25, -0.2) is 0 Å². The highest BCUT2D eigenvalue weighted by Gasteiger charge is 2.41. The highest BCUT2D eigenvalue weighted by Crippen LogP contribution is 2.34. The van der Waals surface area contributed by atoms with Crippen molar-refractivity contribution in [3.05, 3.63) is 0 Å². The molecule has 0 bridgehead atoms. The van der Waals surface area contributed by atoms with Crippen LogP contribution in [-0.4, -0.2) is 43.3 Å².